The van der Waals surface area contributed by atoms with E-state index in [1.165, 1.54) is 45.7 Å². The number of ether oxygens (including phenoxy) is 2. The number of hydrogen-bond donors (Lipinski definition) is 0. The lowest BCUT2D eigenvalue weighted by molar-refractivity contribution is -0.0439. The third kappa shape index (κ3) is 8.66. The third-order valence-electron chi connectivity index (χ3n) is 5.59. The summed E-state index contributed by atoms with van der Waals surface area (Å²) in [4.78, 5) is 7.49. The van der Waals surface area contributed by atoms with Gasteiger partial charge in [-0.25, -0.2) is 0 Å². The molecule has 0 spiro atoms. The van der Waals surface area contributed by atoms with Gasteiger partial charge in [-0.05, 0) is 67.0 Å². The maximum Gasteiger partial charge on any atom is 0.0630 e. The molecule has 1 unspecified atom stereocenters. The Kier molecular flexibility index (Phi) is 8.35. The maximum absolute atomic E-state index is 6.28. The molecule has 0 bridgehead atoms. The zero-order chi connectivity index (χ0) is 19.2. The molecule has 0 aliphatic carbocycles. The molecule has 2 fully saturated rings. The van der Waals surface area contributed by atoms with Gasteiger partial charge in [-0.15, -0.1) is 0 Å². The summed E-state index contributed by atoms with van der Waals surface area (Å²) in [5, 5.41) is 0. The molecule has 1 atom stereocenters. The SMILES string of the molecule is CN1CCN(CCOC(C)(C)CC2CCN(CCOC(C)(C)C)C2)CC1. The molecule has 0 amide bonds. The second kappa shape index (κ2) is 9.83. The second-order valence-electron chi connectivity index (χ2n) is 9.87. The van der Waals surface area contributed by atoms with Crippen molar-refractivity contribution >= 4 is 0 Å². The van der Waals surface area contributed by atoms with E-state index in [1.54, 1.807) is 0 Å². The highest BCUT2D eigenvalue weighted by Gasteiger charge is 2.29. The lowest BCUT2D eigenvalue weighted by Crippen LogP contribution is -2.46. The van der Waals surface area contributed by atoms with Crippen LogP contribution < -0.4 is 0 Å². The van der Waals surface area contributed by atoms with E-state index >= 15 is 0 Å². The lowest BCUT2D eigenvalue weighted by atomic mass is 9.92. The summed E-state index contributed by atoms with van der Waals surface area (Å²) in [6, 6.07) is 0. The van der Waals surface area contributed by atoms with Crippen molar-refractivity contribution in [1.82, 2.24) is 14.7 Å². The molecule has 0 aromatic rings. The van der Waals surface area contributed by atoms with Gasteiger partial charge >= 0.3 is 0 Å². The first-order chi connectivity index (χ1) is 12.1. The van der Waals surface area contributed by atoms with Crippen LogP contribution in [-0.2, 0) is 9.47 Å². The average molecular weight is 370 g/mol. The molecule has 26 heavy (non-hydrogen) atoms. The monoisotopic (exact) mass is 369 g/mol. The standard InChI is InChI=1S/C21H43N3O2/c1-20(2,3)25-15-14-24-8-7-19(18-24)17-21(4,5)26-16-13-23-11-9-22(6)10-12-23/h19H,7-18H2,1-6H3. The summed E-state index contributed by atoms with van der Waals surface area (Å²) in [6.45, 7) is 21.8. The molecule has 0 N–H and O–H groups in total. The van der Waals surface area contributed by atoms with E-state index in [0.717, 1.165) is 38.6 Å². The van der Waals surface area contributed by atoms with Crippen LogP contribution >= 0.6 is 0 Å². The predicted octanol–water partition coefficient (Wildman–Crippen LogP) is 2.56. The summed E-state index contributed by atoms with van der Waals surface area (Å²) >= 11 is 0. The largest absolute Gasteiger partial charge is 0.375 e. The molecule has 2 aliphatic heterocycles. The number of piperazine rings is 1. The molecule has 2 aliphatic rings. The average Bonchev–Trinajstić information content (AvgIpc) is 2.94. The fourth-order valence-corrected chi connectivity index (χ4v) is 4.04. The van der Waals surface area contributed by atoms with Gasteiger partial charge in [0.25, 0.3) is 0 Å². The zero-order valence-corrected chi connectivity index (χ0v) is 18.2. The molecule has 0 radical (unpaired) electrons. The minimum Gasteiger partial charge on any atom is -0.375 e. The molecule has 5 nitrogen and oxygen atoms in total. The first kappa shape index (κ1) is 22.1. The minimum absolute atomic E-state index is 0.0187. The van der Waals surface area contributed by atoms with Crippen molar-refractivity contribution in [2.45, 2.75) is 58.7 Å². The van der Waals surface area contributed by atoms with Crippen LogP contribution in [0.15, 0.2) is 0 Å². The van der Waals surface area contributed by atoms with E-state index < -0.39 is 0 Å². The molecule has 0 aromatic carbocycles. The number of nitrogens with zero attached hydrogens (tertiary/aromatic N) is 3. The molecule has 0 saturated carbocycles. The Balaban J connectivity index is 1.59. The van der Waals surface area contributed by atoms with Crippen molar-refractivity contribution in [2.75, 3.05) is 72.6 Å². The number of likely N-dealkylation sites (N-methyl/N-ethyl adjacent to an activating group) is 1. The smallest absolute Gasteiger partial charge is 0.0630 e. The Morgan fingerprint density at radius 1 is 0.808 bits per heavy atom. The highest BCUT2D eigenvalue weighted by atomic mass is 16.5. The number of rotatable bonds is 9. The van der Waals surface area contributed by atoms with Crippen LogP contribution in [0.4, 0.5) is 0 Å². The normalized spacial score (nSPS) is 24.5. The summed E-state index contributed by atoms with van der Waals surface area (Å²) in [5.74, 6) is 0.753. The van der Waals surface area contributed by atoms with Gasteiger partial charge in [-0.2, -0.15) is 0 Å². The van der Waals surface area contributed by atoms with Crippen LogP contribution in [0.3, 0.4) is 0 Å². The van der Waals surface area contributed by atoms with Crippen LogP contribution in [0, 0.1) is 5.92 Å². The molecule has 0 aromatic heterocycles. The van der Waals surface area contributed by atoms with Crippen LogP contribution in [0.5, 0.6) is 0 Å². The summed E-state index contributed by atoms with van der Waals surface area (Å²) in [6.07, 6.45) is 2.45. The lowest BCUT2D eigenvalue weighted by Gasteiger charge is -2.34. The van der Waals surface area contributed by atoms with E-state index in [-0.39, 0.29) is 11.2 Å². The van der Waals surface area contributed by atoms with E-state index in [2.05, 4.69) is 56.4 Å². The molecular weight excluding hydrogens is 326 g/mol. The van der Waals surface area contributed by atoms with Gasteiger partial charge in [0, 0.05) is 45.8 Å². The molecule has 5 heteroatoms. The molecule has 2 saturated heterocycles. The van der Waals surface area contributed by atoms with Gasteiger partial charge in [0.1, 0.15) is 0 Å². The van der Waals surface area contributed by atoms with Crippen molar-refractivity contribution < 1.29 is 9.47 Å². The van der Waals surface area contributed by atoms with Gasteiger partial charge in [0.2, 0.25) is 0 Å². The van der Waals surface area contributed by atoms with Crippen LogP contribution in [0.1, 0.15) is 47.5 Å². The first-order valence-corrected chi connectivity index (χ1v) is 10.5. The molecule has 154 valence electrons. The Labute approximate surface area is 162 Å². The topological polar surface area (TPSA) is 28.2 Å². The Bertz CT molecular complexity index is 401. The maximum atomic E-state index is 6.28. The van der Waals surface area contributed by atoms with E-state index in [0.29, 0.717) is 0 Å². The van der Waals surface area contributed by atoms with Crippen LogP contribution in [0.2, 0.25) is 0 Å². The number of hydrogen-bond acceptors (Lipinski definition) is 5. The van der Waals surface area contributed by atoms with Gasteiger partial charge < -0.3 is 19.3 Å². The van der Waals surface area contributed by atoms with Crippen molar-refractivity contribution in [3.05, 3.63) is 0 Å². The van der Waals surface area contributed by atoms with Gasteiger partial charge in [-0.3, -0.25) is 4.90 Å². The quantitative estimate of drug-likeness (QED) is 0.623. The third-order valence-corrected chi connectivity index (χ3v) is 5.59. The predicted molar refractivity (Wildman–Crippen MR) is 109 cm³/mol. The van der Waals surface area contributed by atoms with Gasteiger partial charge in [0.15, 0.2) is 0 Å². The minimum atomic E-state index is -0.0290. The van der Waals surface area contributed by atoms with Crippen molar-refractivity contribution in [1.29, 1.82) is 0 Å². The summed E-state index contributed by atoms with van der Waals surface area (Å²) in [5.41, 5.74) is -0.0477. The first-order valence-electron chi connectivity index (χ1n) is 10.5. The van der Waals surface area contributed by atoms with Crippen LogP contribution in [-0.4, -0.2) is 98.5 Å². The highest BCUT2D eigenvalue weighted by molar-refractivity contribution is 4.82. The van der Waals surface area contributed by atoms with Crippen LogP contribution in [0.25, 0.3) is 0 Å². The van der Waals surface area contributed by atoms with Gasteiger partial charge in [-0.1, -0.05) is 0 Å². The van der Waals surface area contributed by atoms with Crippen molar-refractivity contribution in [3.63, 3.8) is 0 Å². The Morgan fingerprint density at radius 3 is 2.08 bits per heavy atom. The second-order valence-corrected chi connectivity index (χ2v) is 9.87. The zero-order valence-electron chi connectivity index (χ0n) is 18.2. The fourth-order valence-electron chi connectivity index (χ4n) is 4.04. The van der Waals surface area contributed by atoms with Gasteiger partial charge in [0.05, 0.1) is 24.4 Å². The Morgan fingerprint density at radius 2 is 1.42 bits per heavy atom. The number of likely N-dealkylation sites (tertiary alicyclic amines) is 1. The molecule has 2 heterocycles. The Hall–Kier alpha value is -0.200. The van der Waals surface area contributed by atoms with Crippen molar-refractivity contribution in [2.24, 2.45) is 5.92 Å². The van der Waals surface area contributed by atoms with E-state index in [4.69, 9.17) is 9.47 Å². The fraction of sp³-hybridized carbons (Fsp3) is 1.00. The summed E-state index contributed by atoms with van der Waals surface area (Å²) < 4.78 is 12.2. The highest BCUT2D eigenvalue weighted by Crippen LogP contribution is 2.27. The molecule has 2 rings (SSSR count). The van der Waals surface area contributed by atoms with Crippen molar-refractivity contribution in [3.8, 4) is 0 Å². The van der Waals surface area contributed by atoms with E-state index in [1.807, 2.05) is 0 Å². The van der Waals surface area contributed by atoms with E-state index in [9.17, 15) is 0 Å². The summed E-state index contributed by atoms with van der Waals surface area (Å²) in [7, 11) is 2.21. The molecular formula is C21H43N3O2.